The molecule has 2 aliphatic heterocycles. The highest BCUT2D eigenvalue weighted by molar-refractivity contribution is 7.98. The summed E-state index contributed by atoms with van der Waals surface area (Å²) < 4.78 is 0. The first kappa shape index (κ1) is 20.3. The highest BCUT2D eigenvalue weighted by atomic mass is 32.2. The van der Waals surface area contributed by atoms with Gasteiger partial charge in [0.1, 0.15) is 6.04 Å². The van der Waals surface area contributed by atoms with Crippen LogP contribution in [0.3, 0.4) is 0 Å². The summed E-state index contributed by atoms with van der Waals surface area (Å²) in [5, 5.41) is 0. The second kappa shape index (κ2) is 8.83. The van der Waals surface area contributed by atoms with E-state index in [1.54, 1.807) is 59.4 Å². The smallest absolute Gasteiger partial charge is 0.262 e. The summed E-state index contributed by atoms with van der Waals surface area (Å²) in [5.41, 5.74) is 0.742. The Morgan fingerprint density at radius 2 is 1.60 bits per heavy atom. The molecule has 9 heteroatoms. The first-order valence-electron chi connectivity index (χ1n) is 9.88. The first-order chi connectivity index (χ1) is 14.6. The van der Waals surface area contributed by atoms with Gasteiger partial charge in [0.25, 0.3) is 11.8 Å². The number of hydrogen-bond donors (Lipinski definition) is 0. The molecule has 0 radical (unpaired) electrons. The summed E-state index contributed by atoms with van der Waals surface area (Å²) in [6.07, 6.45) is 5.77. The van der Waals surface area contributed by atoms with Crippen molar-refractivity contribution in [2.45, 2.75) is 12.5 Å². The molecule has 2 aliphatic rings. The average Bonchev–Trinajstić information content (AvgIpc) is 3.05. The maximum atomic E-state index is 13.4. The van der Waals surface area contributed by atoms with E-state index >= 15 is 0 Å². The van der Waals surface area contributed by atoms with Crippen molar-refractivity contribution in [3.8, 4) is 0 Å². The monoisotopic (exact) mass is 425 g/mol. The highest BCUT2D eigenvalue weighted by Crippen LogP contribution is 2.27. The molecule has 1 fully saturated rings. The number of piperazine rings is 1. The minimum absolute atomic E-state index is 0.174. The van der Waals surface area contributed by atoms with E-state index in [9.17, 15) is 14.4 Å². The lowest BCUT2D eigenvalue weighted by Crippen LogP contribution is -2.56. The van der Waals surface area contributed by atoms with Crippen LogP contribution in [0.25, 0.3) is 0 Å². The molecule has 0 N–H and O–H groups in total. The molecule has 0 saturated carbocycles. The number of thioether (sulfide) groups is 1. The number of anilines is 1. The second-order valence-electron chi connectivity index (χ2n) is 7.18. The normalized spacial score (nSPS) is 17.3. The molecule has 2 aromatic rings. The van der Waals surface area contributed by atoms with Crippen molar-refractivity contribution in [1.29, 1.82) is 0 Å². The topological polar surface area (TPSA) is 86.7 Å². The molecule has 1 atom stereocenters. The minimum atomic E-state index is -0.788. The van der Waals surface area contributed by atoms with Crippen LogP contribution in [0, 0.1) is 0 Å². The molecule has 0 bridgehead atoms. The van der Waals surface area contributed by atoms with E-state index in [1.165, 1.54) is 0 Å². The van der Waals surface area contributed by atoms with Crippen LogP contribution in [0.1, 0.15) is 27.1 Å². The molecular formula is C21H23N5O3S. The Morgan fingerprint density at radius 3 is 2.17 bits per heavy atom. The Labute approximate surface area is 179 Å². The number of nitrogens with zero attached hydrogens (tertiary/aromatic N) is 5. The third-order valence-corrected chi connectivity index (χ3v) is 6.09. The van der Waals surface area contributed by atoms with Crippen molar-refractivity contribution >= 4 is 35.4 Å². The summed E-state index contributed by atoms with van der Waals surface area (Å²) in [7, 11) is 0. The van der Waals surface area contributed by atoms with Crippen LogP contribution in [-0.2, 0) is 4.79 Å². The number of rotatable bonds is 6. The Bertz CT molecular complexity index is 912. The number of carbonyl (C=O) groups is 3. The van der Waals surface area contributed by atoms with E-state index in [4.69, 9.17) is 0 Å². The number of aromatic nitrogens is 2. The zero-order chi connectivity index (χ0) is 21.1. The second-order valence-corrected chi connectivity index (χ2v) is 8.17. The fourth-order valence-electron chi connectivity index (χ4n) is 3.88. The van der Waals surface area contributed by atoms with Gasteiger partial charge in [-0.1, -0.05) is 12.1 Å². The van der Waals surface area contributed by atoms with Gasteiger partial charge in [0.15, 0.2) is 0 Å². The lowest BCUT2D eigenvalue weighted by atomic mass is 10.1. The summed E-state index contributed by atoms with van der Waals surface area (Å²) in [6, 6.07) is 7.73. The van der Waals surface area contributed by atoms with Crippen molar-refractivity contribution in [3.63, 3.8) is 0 Å². The maximum Gasteiger partial charge on any atom is 0.262 e. The third-order valence-electron chi connectivity index (χ3n) is 5.44. The number of amides is 3. The number of imide groups is 1. The van der Waals surface area contributed by atoms with Crippen molar-refractivity contribution in [2.75, 3.05) is 43.1 Å². The molecule has 1 saturated heterocycles. The lowest BCUT2D eigenvalue weighted by molar-refractivity contribution is -0.135. The molecule has 156 valence electrons. The van der Waals surface area contributed by atoms with E-state index in [2.05, 4.69) is 9.97 Å². The van der Waals surface area contributed by atoms with E-state index in [1.807, 2.05) is 11.2 Å². The molecule has 30 heavy (non-hydrogen) atoms. The zero-order valence-corrected chi connectivity index (χ0v) is 17.5. The molecule has 1 unspecified atom stereocenters. The van der Waals surface area contributed by atoms with Crippen LogP contribution in [0.5, 0.6) is 0 Å². The summed E-state index contributed by atoms with van der Waals surface area (Å²) in [4.78, 5) is 52.7. The third kappa shape index (κ3) is 3.77. The predicted molar refractivity (Wildman–Crippen MR) is 115 cm³/mol. The fourth-order valence-corrected chi connectivity index (χ4v) is 4.33. The van der Waals surface area contributed by atoms with Crippen molar-refractivity contribution in [2.24, 2.45) is 0 Å². The standard InChI is InChI=1S/C21H23N5O3S/c1-30-14-7-17(26-18(27)15-5-2-3-6-16(15)19(26)28)20(29)24-10-12-25(13-11-24)21-22-8-4-9-23-21/h2-6,8-9,17H,7,10-14H2,1H3. The van der Waals surface area contributed by atoms with Gasteiger partial charge in [-0.25, -0.2) is 9.97 Å². The fraction of sp³-hybridized carbons (Fsp3) is 0.381. The van der Waals surface area contributed by atoms with Crippen molar-refractivity contribution < 1.29 is 14.4 Å². The lowest BCUT2D eigenvalue weighted by Gasteiger charge is -2.37. The van der Waals surface area contributed by atoms with Crippen LogP contribution < -0.4 is 4.90 Å². The van der Waals surface area contributed by atoms with Crippen LogP contribution in [0.2, 0.25) is 0 Å². The minimum Gasteiger partial charge on any atom is -0.337 e. The van der Waals surface area contributed by atoms with Gasteiger partial charge >= 0.3 is 0 Å². The maximum absolute atomic E-state index is 13.4. The number of fused-ring (bicyclic) bond motifs is 1. The Balaban J connectivity index is 1.50. The molecule has 1 aromatic carbocycles. The first-order valence-corrected chi connectivity index (χ1v) is 11.3. The van der Waals surface area contributed by atoms with Gasteiger partial charge < -0.3 is 9.80 Å². The Hall–Kier alpha value is -2.94. The quantitative estimate of drug-likeness (QED) is 0.649. The van der Waals surface area contributed by atoms with E-state index in [0.29, 0.717) is 55.4 Å². The van der Waals surface area contributed by atoms with Gasteiger partial charge in [-0.15, -0.1) is 0 Å². The molecule has 3 heterocycles. The van der Waals surface area contributed by atoms with Gasteiger partial charge in [0, 0.05) is 38.6 Å². The predicted octanol–water partition coefficient (Wildman–Crippen LogP) is 1.54. The van der Waals surface area contributed by atoms with Crippen LogP contribution in [0.15, 0.2) is 42.7 Å². The molecule has 1 aromatic heterocycles. The van der Waals surface area contributed by atoms with Crippen LogP contribution in [-0.4, -0.2) is 81.7 Å². The highest BCUT2D eigenvalue weighted by Gasteiger charge is 2.43. The summed E-state index contributed by atoms with van der Waals surface area (Å²) in [5.74, 6) is 0.385. The molecule has 0 aliphatic carbocycles. The zero-order valence-electron chi connectivity index (χ0n) is 16.7. The number of benzene rings is 1. The summed E-state index contributed by atoms with van der Waals surface area (Å²) >= 11 is 1.59. The van der Waals surface area contributed by atoms with E-state index < -0.39 is 6.04 Å². The summed E-state index contributed by atoms with van der Waals surface area (Å²) in [6.45, 7) is 2.20. The molecule has 8 nitrogen and oxygen atoms in total. The Kier molecular flexibility index (Phi) is 5.98. The molecule has 3 amide bonds. The SMILES string of the molecule is CSCCC(C(=O)N1CCN(c2ncccn2)CC1)N1C(=O)c2ccccc2C1=O. The largest absolute Gasteiger partial charge is 0.337 e. The van der Waals surface area contributed by atoms with E-state index in [-0.39, 0.29) is 17.7 Å². The number of carbonyl (C=O) groups excluding carboxylic acids is 3. The van der Waals surface area contributed by atoms with Gasteiger partial charge in [-0.05, 0) is 36.6 Å². The molecule has 0 spiro atoms. The van der Waals surface area contributed by atoms with Crippen LogP contribution in [0.4, 0.5) is 5.95 Å². The van der Waals surface area contributed by atoms with Crippen molar-refractivity contribution in [1.82, 2.24) is 19.8 Å². The van der Waals surface area contributed by atoms with Crippen molar-refractivity contribution in [3.05, 3.63) is 53.9 Å². The molecular weight excluding hydrogens is 402 g/mol. The van der Waals surface area contributed by atoms with Gasteiger partial charge in [-0.2, -0.15) is 11.8 Å². The van der Waals surface area contributed by atoms with Crippen LogP contribution >= 0.6 is 11.8 Å². The van der Waals surface area contributed by atoms with Gasteiger partial charge in [-0.3, -0.25) is 19.3 Å². The van der Waals surface area contributed by atoms with Gasteiger partial charge in [0.05, 0.1) is 11.1 Å². The van der Waals surface area contributed by atoms with Gasteiger partial charge in [0.2, 0.25) is 11.9 Å². The number of hydrogen-bond acceptors (Lipinski definition) is 7. The Morgan fingerprint density at radius 1 is 1.00 bits per heavy atom. The van der Waals surface area contributed by atoms with E-state index in [0.717, 1.165) is 4.90 Å². The molecule has 4 rings (SSSR count). The average molecular weight is 426 g/mol.